The molecule has 70 valence electrons. The molecule has 3 heteroatoms. The van der Waals surface area contributed by atoms with Crippen LogP contribution in [-0.2, 0) is 0 Å². The summed E-state index contributed by atoms with van der Waals surface area (Å²) in [6.07, 6.45) is 0. The van der Waals surface area contributed by atoms with E-state index in [2.05, 4.69) is 11.8 Å². The van der Waals surface area contributed by atoms with Gasteiger partial charge < -0.3 is 4.74 Å². The normalized spacial score (nSPS) is 9.21. The molecule has 0 aromatic carbocycles. The van der Waals surface area contributed by atoms with Gasteiger partial charge in [-0.25, -0.2) is 0 Å². The van der Waals surface area contributed by atoms with Crippen LogP contribution in [0.1, 0.15) is 9.75 Å². The molecule has 0 amide bonds. The van der Waals surface area contributed by atoms with Gasteiger partial charge in [-0.05, 0) is 35.4 Å². The molecular formula is C11H8OS2. The van der Waals surface area contributed by atoms with Crippen molar-refractivity contribution in [3.8, 4) is 16.9 Å². The molecule has 0 bridgehead atoms. The zero-order valence-electron chi connectivity index (χ0n) is 7.61. The van der Waals surface area contributed by atoms with Crippen LogP contribution in [0.5, 0.6) is 5.06 Å². The smallest absolute Gasteiger partial charge is 0.174 e. The van der Waals surface area contributed by atoms with E-state index < -0.39 is 0 Å². The van der Waals surface area contributed by atoms with Gasteiger partial charge in [0.05, 0.1) is 16.9 Å². The van der Waals surface area contributed by atoms with Crippen molar-refractivity contribution in [1.29, 1.82) is 0 Å². The SMILES string of the molecule is COc1ccc(C#Cc2cccs2)s1. The first kappa shape index (κ1) is 9.32. The molecule has 0 unspecified atom stereocenters. The van der Waals surface area contributed by atoms with Crippen LogP contribution in [0.25, 0.3) is 0 Å². The van der Waals surface area contributed by atoms with Crippen molar-refractivity contribution < 1.29 is 4.74 Å². The number of hydrogen-bond acceptors (Lipinski definition) is 3. The molecule has 0 saturated carbocycles. The van der Waals surface area contributed by atoms with E-state index in [0.29, 0.717) is 0 Å². The lowest BCUT2D eigenvalue weighted by Gasteiger charge is -1.87. The monoisotopic (exact) mass is 220 g/mol. The van der Waals surface area contributed by atoms with Crippen LogP contribution in [0.15, 0.2) is 29.6 Å². The molecular weight excluding hydrogens is 212 g/mol. The molecule has 0 fully saturated rings. The van der Waals surface area contributed by atoms with Gasteiger partial charge in [-0.3, -0.25) is 0 Å². The van der Waals surface area contributed by atoms with Crippen LogP contribution in [0.3, 0.4) is 0 Å². The minimum Gasteiger partial charge on any atom is -0.487 e. The van der Waals surface area contributed by atoms with Crippen LogP contribution < -0.4 is 4.74 Å². The van der Waals surface area contributed by atoms with Crippen molar-refractivity contribution in [1.82, 2.24) is 0 Å². The zero-order valence-corrected chi connectivity index (χ0v) is 9.24. The number of rotatable bonds is 1. The summed E-state index contributed by atoms with van der Waals surface area (Å²) in [7, 11) is 1.67. The summed E-state index contributed by atoms with van der Waals surface area (Å²) < 4.78 is 5.09. The Kier molecular flexibility index (Phi) is 2.87. The lowest BCUT2D eigenvalue weighted by molar-refractivity contribution is 0.427. The number of ether oxygens (including phenoxy) is 1. The van der Waals surface area contributed by atoms with Gasteiger partial charge in [-0.15, -0.1) is 11.3 Å². The Labute approximate surface area is 91.0 Å². The lowest BCUT2D eigenvalue weighted by Crippen LogP contribution is -1.73. The van der Waals surface area contributed by atoms with Crippen molar-refractivity contribution in [3.63, 3.8) is 0 Å². The molecule has 0 atom stereocenters. The summed E-state index contributed by atoms with van der Waals surface area (Å²) in [4.78, 5) is 2.13. The number of thiophene rings is 2. The van der Waals surface area contributed by atoms with Crippen molar-refractivity contribution >= 4 is 22.7 Å². The molecule has 0 aliphatic heterocycles. The second-order valence-electron chi connectivity index (χ2n) is 2.55. The Morgan fingerprint density at radius 3 is 2.64 bits per heavy atom. The second kappa shape index (κ2) is 4.32. The van der Waals surface area contributed by atoms with Crippen LogP contribution >= 0.6 is 22.7 Å². The van der Waals surface area contributed by atoms with Crippen LogP contribution in [-0.4, -0.2) is 7.11 Å². The molecule has 1 nitrogen and oxygen atoms in total. The molecule has 0 aliphatic rings. The predicted octanol–water partition coefficient (Wildman–Crippen LogP) is 3.22. The van der Waals surface area contributed by atoms with Gasteiger partial charge in [0.15, 0.2) is 5.06 Å². The highest BCUT2D eigenvalue weighted by Gasteiger charge is 1.95. The summed E-state index contributed by atoms with van der Waals surface area (Å²) in [5.41, 5.74) is 0. The number of methoxy groups -OCH3 is 1. The summed E-state index contributed by atoms with van der Waals surface area (Å²) in [5.74, 6) is 6.20. The first-order valence-corrected chi connectivity index (χ1v) is 5.77. The van der Waals surface area contributed by atoms with Gasteiger partial charge in [-0.2, -0.15) is 0 Å². The average molecular weight is 220 g/mol. The van der Waals surface area contributed by atoms with Crippen LogP contribution in [0.4, 0.5) is 0 Å². The molecule has 0 N–H and O–H groups in total. The van der Waals surface area contributed by atoms with E-state index in [1.165, 1.54) is 0 Å². The van der Waals surface area contributed by atoms with E-state index >= 15 is 0 Å². The van der Waals surface area contributed by atoms with Gasteiger partial charge in [-0.1, -0.05) is 17.4 Å². The van der Waals surface area contributed by atoms with Crippen LogP contribution in [0.2, 0.25) is 0 Å². The van der Waals surface area contributed by atoms with Crippen molar-refractivity contribution in [2.45, 2.75) is 0 Å². The molecule has 0 aliphatic carbocycles. The van der Waals surface area contributed by atoms with Crippen LogP contribution in [0, 0.1) is 11.8 Å². The molecule has 0 radical (unpaired) electrons. The third-order valence-electron chi connectivity index (χ3n) is 1.61. The van der Waals surface area contributed by atoms with Gasteiger partial charge in [0, 0.05) is 0 Å². The van der Waals surface area contributed by atoms with E-state index in [9.17, 15) is 0 Å². The highest BCUT2D eigenvalue weighted by Crippen LogP contribution is 2.22. The minimum absolute atomic E-state index is 0.903. The van der Waals surface area contributed by atoms with E-state index in [1.54, 1.807) is 29.8 Å². The summed E-state index contributed by atoms with van der Waals surface area (Å²) in [6.45, 7) is 0. The molecule has 0 saturated heterocycles. The zero-order chi connectivity index (χ0) is 9.80. The molecule has 2 aromatic heterocycles. The molecule has 14 heavy (non-hydrogen) atoms. The third kappa shape index (κ3) is 2.16. The van der Waals surface area contributed by atoms with E-state index in [-0.39, 0.29) is 0 Å². The molecule has 2 heterocycles. The molecule has 0 spiro atoms. The first-order valence-electron chi connectivity index (χ1n) is 4.08. The molecule has 2 rings (SSSR count). The van der Waals surface area contributed by atoms with Crippen molar-refractivity contribution in [3.05, 3.63) is 39.4 Å². The average Bonchev–Trinajstić information content (AvgIpc) is 2.86. The van der Waals surface area contributed by atoms with E-state index in [1.807, 2.05) is 29.6 Å². The Bertz CT molecular complexity index is 457. The van der Waals surface area contributed by atoms with Gasteiger partial charge in [0.25, 0.3) is 0 Å². The summed E-state index contributed by atoms with van der Waals surface area (Å²) >= 11 is 3.22. The molecule has 2 aromatic rings. The topological polar surface area (TPSA) is 9.23 Å². The maximum atomic E-state index is 5.09. The number of hydrogen-bond donors (Lipinski definition) is 0. The fourth-order valence-corrected chi connectivity index (χ4v) is 2.22. The Morgan fingerprint density at radius 1 is 1.14 bits per heavy atom. The largest absolute Gasteiger partial charge is 0.487 e. The van der Waals surface area contributed by atoms with Gasteiger partial charge in [0.2, 0.25) is 0 Å². The van der Waals surface area contributed by atoms with Crippen molar-refractivity contribution in [2.24, 2.45) is 0 Å². The highest BCUT2D eigenvalue weighted by molar-refractivity contribution is 7.14. The highest BCUT2D eigenvalue weighted by atomic mass is 32.1. The summed E-state index contributed by atoms with van der Waals surface area (Å²) in [6, 6.07) is 7.93. The van der Waals surface area contributed by atoms with E-state index in [0.717, 1.165) is 14.8 Å². The fourth-order valence-electron chi connectivity index (χ4n) is 0.970. The maximum absolute atomic E-state index is 5.09. The minimum atomic E-state index is 0.903. The quantitative estimate of drug-likeness (QED) is 0.670. The maximum Gasteiger partial charge on any atom is 0.174 e. The standard InChI is InChI=1S/C11H8OS2/c1-12-11-7-6-10(14-11)5-4-9-3-2-8-13-9/h2-3,6-8H,1H3. The van der Waals surface area contributed by atoms with Gasteiger partial charge >= 0.3 is 0 Å². The fraction of sp³-hybridized carbons (Fsp3) is 0.0909. The van der Waals surface area contributed by atoms with Crippen molar-refractivity contribution in [2.75, 3.05) is 7.11 Å². The van der Waals surface area contributed by atoms with Gasteiger partial charge in [0.1, 0.15) is 0 Å². The first-order chi connectivity index (χ1) is 6.88. The third-order valence-corrected chi connectivity index (χ3v) is 3.36. The Hall–Kier alpha value is -1.24. The Balaban J connectivity index is 2.17. The van der Waals surface area contributed by atoms with E-state index in [4.69, 9.17) is 4.74 Å². The second-order valence-corrected chi connectivity index (χ2v) is 4.54. The Morgan fingerprint density at radius 2 is 2.00 bits per heavy atom. The lowest BCUT2D eigenvalue weighted by atomic mass is 10.4. The summed E-state index contributed by atoms with van der Waals surface area (Å²) in [5, 5.41) is 2.93. The predicted molar refractivity (Wildman–Crippen MR) is 61.2 cm³/mol.